The Kier molecular flexibility index (Phi) is 4.57. The van der Waals surface area contributed by atoms with Crippen LogP contribution in [0, 0.1) is 5.41 Å². The van der Waals surface area contributed by atoms with E-state index in [4.69, 9.17) is 4.74 Å². The molecule has 0 unspecified atom stereocenters. The van der Waals surface area contributed by atoms with Gasteiger partial charge in [0.25, 0.3) is 0 Å². The molecule has 0 saturated carbocycles. The first-order valence-electron chi connectivity index (χ1n) is 5.66. The highest BCUT2D eigenvalue weighted by molar-refractivity contribution is 7.22. The average molecular weight is 266 g/mol. The second kappa shape index (κ2) is 5.57. The number of anilines is 1. The maximum Gasteiger partial charge on any atom is 0.183 e. The quantitative estimate of drug-likeness (QED) is 0.894. The van der Waals surface area contributed by atoms with Gasteiger partial charge in [-0.25, -0.2) is 4.98 Å². The smallest absolute Gasteiger partial charge is 0.183 e. The topological polar surface area (TPSA) is 34.1 Å². The van der Waals surface area contributed by atoms with Crippen LogP contribution in [0.25, 0.3) is 10.2 Å². The molecule has 0 bridgehead atoms. The molecule has 1 aromatic heterocycles. The molecule has 100 valence electrons. The predicted molar refractivity (Wildman–Crippen MR) is 80.8 cm³/mol. The number of nitrogens with zero attached hydrogens (tertiary/aromatic N) is 1. The van der Waals surface area contributed by atoms with Crippen molar-refractivity contribution in [1.82, 2.24) is 4.98 Å². The molecule has 0 aliphatic heterocycles. The summed E-state index contributed by atoms with van der Waals surface area (Å²) in [6.45, 7) is 7.53. The summed E-state index contributed by atoms with van der Waals surface area (Å²) in [5.41, 5.74) is 1.28. The fourth-order valence-electron chi connectivity index (χ4n) is 1.45. The fraction of sp³-hybridized carbons (Fsp3) is 0.500. The van der Waals surface area contributed by atoms with Crippen LogP contribution in [-0.4, -0.2) is 18.6 Å². The van der Waals surface area contributed by atoms with Gasteiger partial charge in [0.15, 0.2) is 5.13 Å². The zero-order valence-electron chi connectivity index (χ0n) is 10.7. The van der Waals surface area contributed by atoms with E-state index in [0.717, 1.165) is 27.6 Å². The summed E-state index contributed by atoms with van der Waals surface area (Å²) in [4.78, 5) is 4.54. The van der Waals surface area contributed by atoms with Crippen molar-refractivity contribution >= 4 is 26.7 Å². The number of fused-ring (bicyclic) bond motifs is 1. The van der Waals surface area contributed by atoms with Crippen LogP contribution < -0.4 is 10.1 Å². The number of rotatable bonds is 3. The number of thiazole rings is 1. The predicted octanol–water partition coefficient (Wildman–Crippen LogP) is 4.40. The van der Waals surface area contributed by atoms with E-state index in [9.17, 15) is 0 Å². The molecule has 1 N–H and O–H groups in total. The fourth-order valence-corrected chi connectivity index (χ4v) is 2.34. The van der Waals surface area contributed by atoms with E-state index in [1.54, 1.807) is 18.4 Å². The molecule has 0 spiro atoms. The zero-order chi connectivity index (χ0) is 12.5. The number of benzene rings is 1. The number of nitrogens with one attached hydrogen (secondary N) is 1. The van der Waals surface area contributed by atoms with Crippen LogP contribution in [0.1, 0.15) is 28.2 Å². The van der Waals surface area contributed by atoms with E-state index in [0.29, 0.717) is 0 Å². The van der Waals surface area contributed by atoms with Crippen molar-refractivity contribution in [2.24, 2.45) is 5.41 Å². The lowest BCUT2D eigenvalue weighted by Crippen LogP contribution is -2.18. The first-order valence-corrected chi connectivity index (χ1v) is 6.48. The van der Waals surface area contributed by atoms with E-state index >= 15 is 0 Å². The monoisotopic (exact) mass is 266 g/mol. The molecule has 0 atom stereocenters. The Hall–Kier alpha value is -1.29. The third kappa shape index (κ3) is 3.60. The summed E-state index contributed by atoms with van der Waals surface area (Å²) < 4.78 is 6.36. The highest BCUT2D eigenvalue weighted by atomic mass is 32.1. The van der Waals surface area contributed by atoms with Gasteiger partial charge < -0.3 is 10.1 Å². The molecule has 0 radical (unpaired) electrons. The van der Waals surface area contributed by atoms with Crippen molar-refractivity contribution in [2.75, 3.05) is 19.0 Å². The lowest BCUT2D eigenvalue weighted by Gasteiger charge is -2.17. The van der Waals surface area contributed by atoms with Crippen molar-refractivity contribution in [3.05, 3.63) is 18.2 Å². The van der Waals surface area contributed by atoms with Crippen molar-refractivity contribution < 1.29 is 4.74 Å². The van der Waals surface area contributed by atoms with Crippen LogP contribution >= 0.6 is 11.3 Å². The first-order chi connectivity index (χ1) is 7.98. The van der Waals surface area contributed by atoms with Gasteiger partial charge in [0.1, 0.15) is 5.75 Å². The Morgan fingerprint density at radius 2 is 2.06 bits per heavy atom. The molecule has 3 nitrogen and oxygen atoms in total. The van der Waals surface area contributed by atoms with Gasteiger partial charge in [-0.3, -0.25) is 0 Å². The van der Waals surface area contributed by atoms with E-state index in [-0.39, 0.29) is 12.8 Å². The summed E-state index contributed by atoms with van der Waals surface area (Å²) in [5, 5.41) is 4.35. The standard InChI is InChI=1S/C13H18N2OS.CH4/c1-13(2,3)8-14-12-15-10-6-5-9(16-4)7-11(10)17-12;/h5-7H,8H2,1-4H3,(H,14,15);1H4. The molecule has 18 heavy (non-hydrogen) atoms. The molecule has 0 aliphatic rings. The molecule has 2 rings (SSSR count). The highest BCUT2D eigenvalue weighted by Crippen LogP contribution is 2.29. The van der Waals surface area contributed by atoms with Crippen molar-refractivity contribution in [3.8, 4) is 5.75 Å². The van der Waals surface area contributed by atoms with Crippen LogP contribution in [0.5, 0.6) is 5.75 Å². The van der Waals surface area contributed by atoms with E-state index in [1.807, 2.05) is 18.2 Å². The van der Waals surface area contributed by atoms with Gasteiger partial charge in [0.2, 0.25) is 0 Å². The molecule has 4 heteroatoms. The van der Waals surface area contributed by atoms with Gasteiger partial charge in [-0.2, -0.15) is 0 Å². The average Bonchev–Trinajstić information content (AvgIpc) is 2.66. The molecule has 1 aromatic carbocycles. The maximum atomic E-state index is 5.20. The summed E-state index contributed by atoms with van der Waals surface area (Å²) in [7, 11) is 1.68. The minimum Gasteiger partial charge on any atom is -0.497 e. The van der Waals surface area contributed by atoms with Crippen molar-refractivity contribution in [2.45, 2.75) is 28.2 Å². The normalized spacial score (nSPS) is 11.1. The lowest BCUT2D eigenvalue weighted by molar-refractivity contribution is 0.415. The minimum atomic E-state index is 0. The Balaban J connectivity index is 0.00000162. The van der Waals surface area contributed by atoms with E-state index in [1.165, 1.54) is 0 Å². The maximum absolute atomic E-state index is 5.20. The minimum absolute atomic E-state index is 0. The third-order valence-corrected chi connectivity index (χ3v) is 3.34. The van der Waals surface area contributed by atoms with Crippen LogP contribution in [0.4, 0.5) is 5.13 Å². The number of hydrogen-bond donors (Lipinski definition) is 1. The van der Waals surface area contributed by atoms with Gasteiger partial charge >= 0.3 is 0 Å². The van der Waals surface area contributed by atoms with Gasteiger partial charge in [0.05, 0.1) is 17.3 Å². The Morgan fingerprint density at radius 1 is 1.33 bits per heavy atom. The van der Waals surface area contributed by atoms with Gasteiger partial charge in [-0.15, -0.1) is 0 Å². The highest BCUT2D eigenvalue weighted by Gasteiger charge is 2.11. The van der Waals surface area contributed by atoms with Crippen molar-refractivity contribution in [3.63, 3.8) is 0 Å². The largest absolute Gasteiger partial charge is 0.497 e. The molecule has 1 heterocycles. The van der Waals surface area contributed by atoms with Gasteiger partial charge in [-0.1, -0.05) is 39.5 Å². The van der Waals surface area contributed by atoms with Gasteiger partial charge in [0, 0.05) is 6.54 Å². The number of hydrogen-bond acceptors (Lipinski definition) is 4. The molecule has 2 aromatic rings. The summed E-state index contributed by atoms with van der Waals surface area (Å²) in [6.07, 6.45) is 0. The molecule has 0 amide bonds. The summed E-state index contributed by atoms with van der Waals surface area (Å²) in [6, 6.07) is 5.96. The summed E-state index contributed by atoms with van der Waals surface area (Å²) in [5.74, 6) is 0.878. The Labute approximate surface area is 113 Å². The Bertz CT molecular complexity index is 514. The van der Waals surface area contributed by atoms with Crippen molar-refractivity contribution in [1.29, 1.82) is 0 Å². The molecular weight excluding hydrogens is 244 g/mol. The van der Waals surface area contributed by atoms with Gasteiger partial charge in [-0.05, 0) is 23.6 Å². The van der Waals surface area contributed by atoms with Crippen LogP contribution in [0.2, 0.25) is 0 Å². The lowest BCUT2D eigenvalue weighted by atomic mass is 9.97. The van der Waals surface area contributed by atoms with Crippen LogP contribution in [0.3, 0.4) is 0 Å². The molecule has 0 fully saturated rings. The Morgan fingerprint density at radius 3 is 2.67 bits per heavy atom. The van der Waals surface area contributed by atoms with E-state index in [2.05, 4.69) is 31.1 Å². The second-order valence-corrected chi connectivity index (χ2v) is 6.30. The molecular formula is C14H22N2OS. The number of ether oxygens (including phenoxy) is 1. The third-order valence-electron chi connectivity index (χ3n) is 2.37. The summed E-state index contributed by atoms with van der Waals surface area (Å²) >= 11 is 1.67. The van der Waals surface area contributed by atoms with E-state index < -0.39 is 0 Å². The first kappa shape index (κ1) is 14.8. The number of aromatic nitrogens is 1. The number of methoxy groups -OCH3 is 1. The molecule has 0 saturated heterocycles. The SMILES string of the molecule is C.COc1ccc2nc(NCC(C)(C)C)sc2c1. The second-order valence-electron chi connectivity index (χ2n) is 5.27. The zero-order valence-corrected chi connectivity index (χ0v) is 11.5. The van der Waals surface area contributed by atoms with Crippen LogP contribution in [0.15, 0.2) is 18.2 Å². The van der Waals surface area contributed by atoms with Crippen LogP contribution in [-0.2, 0) is 0 Å². The molecule has 0 aliphatic carbocycles.